The first-order chi connectivity index (χ1) is 9.45. The van der Waals surface area contributed by atoms with E-state index >= 15 is 0 Å². The average molecular weight is 295 g/mol. The number of benzene rings is 1. The van der Waals surface area contributed by atoms with E-state index in [1.165, 1.54) is 12.1 Å². The Balaban J connectivity index is 2.01. The van der Waals surface area contributed by atoms with Crippen LogP contribution in [0.15, 0.2) is 30.5 Å². The highest BCUT2D eigenvalue weighted by molar-refractivity contribution is 6.31. The minimum Gasteiger partial charge on any atom is -0.299 e. The average Bonchev–Trinajstić information content (AvgIpc) is 2.81. The zero-order valence-corrected chi connectivity index (χ0v) is 12.2. The van der Waals surface area contributed by atoms with Gasteiger partial charge in [-0.1, -0.05) is 17.7 Å². The van der Waals surface area contributed by atoms with Crippen LogP contribution in [0.1, 0.15) is 31.1 Å². The lowest BCUT2D eigenvalue weighted by Crippen LogP contribution is -2.09. The van der Waals surface area contributed by atoms with Gasteiger partial charge in [0.2, 0.25) is 0 Å². The number of carbonyl (C=O) groups excluding carboxylic acids is 1. The summed E-state index contributed by atoms with van der Waals surface area (Å²) in [5, 5.41) is 4.61. The lowest BCUT2D eigenvalue weighted by Gasteiger charge is -2.04. The summed E-state index contributed by atoms with van der Waals surface area (Å²) in [6.07, 6.45) is 2.30. The van der Waals surface area contributed by atoms with Gasteiger partial charge in [-0.3, -0.25) is 9.48 Å². The highest BCUT2D eigenvalue weighted by Gasteiger charge is 2.11. The Morgan fingerprint density at radius 2 is 2.10 bits per heavy atom. The largest absolute Gasteiger partial charge is 0.299 e. The topological polar surface area (TPSA) is 34.9 Å². The van der Waals surface area contributed by atoms with Crippen molar-refractivity contribution >= 4 is 17.4 Å². The van der Waals surface area contributed by atoms with E-state index in [0.29, 0.717) is 5.56 Å². The zero-order valence-electron chi connectivity index (χ0n) is 11.4. The zero-order chi connectivity index (χ0) is 14.7. The van der Waals surface area contributed by atoms with Gasteiger partial charge in [-0.25, -0.2) is 4.39 Å². The van der Waals surface area contributed by atoms with Crippen LogP contribution in [-0.4, -0.2) is 15.6 Å². The summed E-state index contributed by atoms with van der Waals surface area (Å²) in [4.78, 5) is 12.0. The van der Waals surface area contributed by atoms with Gasteiger partial charge in [0, 0.05) is 23.7 Å². The molecule has 3 nitrogen and oxygen atoms in total. The highest BCUT2D eigenvalue weighted by Crippen LogP contribution is 2.18. The third-order valence-corrected chi connectivity index (χ3v) is 3.33. The molecule has 0 amide bonds. The third-order valence-electron chi connectivity index (χ3n) is 2.97. The molecule has 0 radical (unpaired) electrons. The smallest absolute Gasteiger partial charge is 0.143 e. The molecule has 0 aliphatic rings. The van der Waals surface area contributed by atoms with Crippen molar-refractivity contribution in [2.45, 2.75) is 32.7 Å². The molecule has 0 bridgehead atoms. The number of Topliss-reactive ketones (excluding diaryl/α,β-unsaturated/α-hetero) is 1. The molecule has 0 saturated carbocycles. The van der Waals surface area contributed by atoms with Gasteiger partial charge in [0.05, 0.1) is 12.1 Å². The van der Waals surface area contributed by atoms with Gasteiger partial charge in [-0.15, -0.1) is 0 Å². The van der Waals surface area contributed by atoms with Crippen LogP contribution in [0.25, 0.3) is 0 Å². The van der Waals surface area contributed by atoms with Crippen LogP contribution in [0.3, 0.4) is 0 Å². The fourth-order valence-corrected chi connectivity index (χ4v) is 2.14. The Morgan fingerprint density at radius 3 is 2.70 bits per heavy atom. The predicted octanol–water partition coefficient (Wildman–Crippen LogP) is 3.61. The number of hydrogen-bond acceptors (Lipinski definition) is 2. The molecular formula is C15H16ClFN2O. The molecule has 0 saturated heterocycles. The second-order valence-electron chi connectivity index (χ2n) is 5.01. The van der Waals surface area contributed by atoms with Crippen LogP contribution in [-0.2, 0) is 17.6 Å². The molecule has 0 spiro atoms. The molecule has 2 aromatic rings. The Bertz CT molecular complexity index is 622. The molecule has 0 aliphatic carbocycles. The van der Waals surface area contributed by atoms with Crippen molar-refractivity contribution in [2.75, 3.05) is 0 Å². The molecule has 1 aromatic carbocycles. The molecule has 0 N–H and O–H groups in total. The first-order valence-corrected chi connectivity index (χ1v) is 6.83. The molecule has 1 aromatic heterocycles. The minimum atomic E-state index is -0.401. The lowest BCUT2D eigenvalue weighted by molar-refractivity contribution is -0.117. The number of ketones is 1. The summed E-state index contributed by atoms with van der Waals surface area (Å²) >= 11 is 5.91. The van der Waals surface area contributed by atoms with E-state index < -0.39 is 5.82 Å². The Morgan fingerprint density at radius 1 is 1.35 bits per heavy atom. The monoisotopic (exact) mass is 294 g/mol. The number of hydrogen-bond donors (Lipinski definition) is 0. The van der Waals surface area contributed by atoms with Gasteiger partial charge >= 0.3 is 0 Å². The van der Waals surface area contributed by atoms with E-state index in [-0.39, 0.29) is 29.7 Å². The molecule has 5 heteroatoms. The summed E-state index contributed by atoms with van der Waals surface area (Å²) in [7, 11) is 0. The highest BCUT2D eigenvalue weighted by atomic mass is 35.5. The van der Waals surface area contributed by atoms with E-state index in [4.69, 9.17) is 11.6 Å². The molecule has 0 atom stereocenters. The number of aromatic nitrogens is 2. The number of halogens is 2. The van der Waals surface area contributed by atoms with Gasteiger partial charge in [-0.05, 0) is 37.6 Å². The van der Waals surface area contributed by atoms with Crippen molar-refractivity contribution in [3.8, 4) is 0 Å². The van der Waals surface area contributed by atoms with E-state index in [1.807, 2.05) is 30.8 Å². The number of nitrogens with zero attached hydrogens (tertiary/aromatic N) is 2. The summed E-state index contributed by atoms with van der Waals surface area (Å²) in [5.74, 6) is -0.394. The van der Waals surface area contributed by atoms with Gasteiger partial charge in [-0.2, -0.15) is 5.10 Å². The summed E-state index contributed by atoms with van der Waals surface area (Å²) in [6.45, 7) is 4.05. The fourth-order valence-electron chi connectivity index (χ4n) is 1.90. The maximum Gasteiger partial charge on any atom is 0.143 e. The van der Waals surface area contributed by atoms with Crippen molar-refractivity contribution < 1.29 is 9.18 Å². The van der Waals surface area contributed by atoms with Crippen LogP contribution in [0.4, 0.5) is 4.39 Å². The summed E-state index contributed by atoms with van der Waals surface area (Å²) in [5.41, 5.74) is 1.38. The lowest BCUT2D eigenvalue weighted by atomic mass is 10.1. The van der Waals surface area contributed by atoms with Crippen LogP contribution in [0.5, 0.6) is 0 Å². The van der Waals surface area contributed by atoms with Gasteiger partial charge in [0.25, 0.3) is 0 Å². The standard InChI is InChI=1S/C15H16ClFN2O/c1-10(2)19-6-5-13(18-19)9-14(20)7-11-3-4-12(17)8-15(11)16/h3-6,8,10H,7,9H2,1-2H3. The molecule has 0 fully saturated rings. The van der Waals surface area contributed by atoms with E-state index in [2.05, 4.69) is 5.10 Å². The fraction of sp³-hybridized carbons (Fsp3) is 0.333. The first-order valence-electron chi connectivity index (χ1n) is 6.45. The maximum atomic E-state index is 12.9. The van der Waals surface area contributed by atoms with E-state index in [0.717, 1.165) is 5.69 Å². The minimum absolute atomic E-state index is 0.00696. The predicted molar refractivity (Wildman–Crippen MR) is 76.4 cm³/mol. The van der Waals surface area contributed by atoms with Crippen molar-refractivity contribution in [3.05, 3.63) is 52.6 Å². The second-order valence-corrected chi connectivity index (χ2v) is 5.42. The Kier molecular flexibility index (Phi) is 4.55. The number of carbonyl (C=O) groups is 1. The number of rotatable bonds is 5. The van der Waals surface area contributed by atoms with Crippen LogP contribution in [0, 0.1) is 5.82 Å². The van der Waals surface area contributed by atoms with Crippen molar-refractivity contribution in [1.29, 1.82) is 0 Å². The molecular weight excluding hydrogens is 279 g/mol. The third kappa shape index (κ3) is 3.67. The van der Waals surface area contributed by atoms with Crippen molar-refractivity contribution in [2.24, 2.45) is 0 Å². The molecule has 1 heterocycles. The maximum absolute atomic E-state index is 12.9. The quantitative estimate of drug-likeness (QED) is 0.844. The Labute approximate surface area is 122 Å². The van der Waals surface area contributed by atoms with Crippen LogP contribution in [0.2, 0.25) is 5.02 Å². The van der Waals surface area contributed by atoms with Gasteiger partial charge < -0.3 is 0 Å². The van der Waals surface area contributed by atoms with E-state index in [9.17, 15) is 9.18 Å². The van der Waals surface area contributed by atoms with E-state index in [1.54, 1.807) is 6.07 Å². The Hall–Kier alpha value is -1.68. The van der Waals surface area contributed by atoms with Crippen molar-refractivity contribution in [1.82, 2.24) is 9.78 Å². The van der Waals surface area contributed by atoms with Crippen LogP contribution >= 0.6 is 11.6 Å². The molecule has 106 valence electrons. The molecule has 0 unspecified atom stereocenters. The van der Waals surface area contributed by atoms with Gasteiger partial charge in [0.15, 0.2) is 0 Å². The van der Waals surface area contributed by atoms with Gasteiger partial charge in [0.1, 0.15) is 11.6 Å². The molecule has 0 aliphatic heterocycles. The SMILES string of the molecule is CC(C)n1ccc(CC(=O)Cc2ccc(F)cc2Cl)n1. The normalized spacial score (nSPS) is 11.1. The molecule has 20 heavy (non-hydrogen) atoms. The summed E-state index contributed by atoms with van der Waals surface area (Å²) in [6, 6.07) is 6.18. The first kappa shape index (κ1) is 14.7. The molecule has 2 rings (SSSR count). The second kappa shape index (κ2) is 6.18. The summed E-state index contributed by atoms with van der Waals surface area (Å²) < 4.78 is 14.7. The van der Waals surface area contributed by atoms with Crippen LogP contribution < -0.4 is 0 Å². The van der Waals surface area contributed by atoms with Crippen molar-refractivity contribution in [3.63, 3.8) is 0 Å².